The minimum Gasteiger partial charge on any atom is -0.329 e. The lowest BCUT2D eigenvalue weighted by molar-refractivity contribution is 0.0168. The third kappa shape index (κ3) is 3.54. The van der Waals surface area contributed by atoms with Gasteiger partial charge < -0.3 is 10.6 Å². The Labute approximate surface area is 138 Å². The third-order valence-electron chi connectivity index (χ3n) is 4.85. The van der Waals surface area contributed by atoms with Crippen LogP contribution >= 0.6 is 23.2 Å². The second-order valence-electron chi connectivity index (χ2n) is 6.30. The highest BCUT2D eigenvalue weighted by Gasteiger charge is 2.40. The number of halogens is 2. The Bertz CT molecular complexity index is 486. The quantitative estimate of drug-likeness (QED) is 0.868. The Hall–Kier alpha value is -0.320. The molecule has 0 spiro atoms. The maximum Gasteiger partial charge on any atom is 0.0483 e. The fourth-order valence-electron chi connectivity index (χ4n) is 3.22. The molecule has 118 valence electrons. The summed E-state index contributed by atoms with van der Waals surface area (Å²) in [6, 6.07) is 5.68. The molecule has 1 fully saturated rings. The second kappa shape index (κ2) is 6.84. The first kappa shape index (κ1) is 17.0. The van der Waals surface area contributed by atoms with E-state index in [0.29, 0.717) is 11.6 Å². The molecule has 2 N–H and O–H groups in total. The fourth-order valence-corrected chi connectivity index (χ4v) is 3.64. The predicted octanol–water partition coefficient (Wildman–Crippen LogP) is 3.41. The first-order chi connectivity index (χ1) is 9.89. The third-order valence-corrected chi connectivity index (χ3v) is 5.43. The predicted molar refractivity (Wildman–Crippen MR) is 91.2 cm³/mol. The van der Waals surface area contributed by atoms with Crippen molar-refractivity contribution in [3.05, 3.63) is 33.8 Å². The van der Waals surface area contributed by atoms with Gasteiger partial charge in [0.1, 0.15) is 0 Å². The summed E-state index contributed by atoms with van der Waals surface area (Å²) in [6.07, 6.45) is 3.78. The van der Waals surface area contributed by atoms with E-state index in [-0.39, 0.29) is 11.6 Å². The fraction of sp³-hybridized carbons (Fsp3) is 0.625. The lowest BCUT2D eigenvalue weighted by Gasteiger charge is -2.50. The zero-order chi connectivity index (χ0) is 15.6. The highest BCUT2D eigenvalue weighted by Crippen LogP contribution is 2.38. The number of hydrogen-bond acceptors (Lipinski definition) is 3. The lowest BCUT2D eigenvalue weighted by atomic mass is 9.75. The van der Waals surface area contributed by atoms with E-state index in [0.717, 1.165) is 17.1 Å². The summed E-state index contributed by atoms with van der Waals surface area (Å²) in [6.45, 7) is 1.52. The maximum absolute atomic E-state index is 6.34. The first-order valence-electron chi connectivity index (χ1n) is 7.42. The average molecular weight is 330 g/mol. The topological polar surface area (TPSA) is 32.5 Å². The summed E-state index contributed by atoms with van der Waals surface area (Å²) in [5, 5.41) is 1.43. The van der Waals surface area contributed by atoms with Crippen molar-refractivity contribution in [3.63, 3.8) is 0 Å². The molecular weight excluding hydrogens is 305 g/mol. The molecule has 0 bridgehead atoms. The molecular formula is C16H25Cl2N3. The first-order valence-corrected chi connectivity index (χ1v) is 8.18. The molecule has 3 nitrogen and oxygen atoms in total. The van der Waals surface area contributed by atoms with Crippen molar-refractivity contribution in [1.82, 2.24) is 9.80 Å². The van der Waals surface area contributed by atoms with E-state index in [1.807, 2.05) is 18.2 Å². The van der Waals surface area contributed by atoms with Gasteiger partial charge in [-0.1, -0.05) is 23.2 Å². The normalized spacial score (nSPS) is 18.9. The molecule has 1 aliphatic rings. The van der Waals surface area contributed by atoms with Crippen LogP contribution in [0.5, 0.6) is 0 Å². The Morgan fingerprint density at radius 3 is 2.38 bits per heavy atom. The van der Waals surface area contributed by atoms with Crippen molar-refractivity contribution < 1.29 is 0 Å². The van der Waals surface area contributed by atoms with E-state index in [1.54, 1.807) is 0 Å². The number of nitrogens with two attached hydrogens (primary N) is 1. The van der Waals surface area contributed by atoms with Crippen LogP contribution in [0.4, 0.5) is 0 Å². The number of likely N-dealkylation sites (N-methyl/N-ethyl adjacent to an activating group) is 2. The zero-order valence-corrected chi connectivity index (χ0v) is 14.6. The van der Waals surface area contributed by atoms with Crippen LogP contribution in [0.1, 0.15) is 30.9 Å². The van der Waals surface area contributed by atoms with Crippen LogP contribution in [0.2, 0.25) is 10.0 Å². The molecule has 1 saturated carbocycles. The van der Waals surface area contributed by atoms with E-state index < -0.39 is 0 Å². The Morgan fingerprint density at radius 1 is 1.24 bits per heavy atom. The molecule has 1 unspecified atom stereocenters. The summed E-state index contributed by atoms with van der Waals surface area (Å²) in [5.74, 6) is 0. The number of benzene rings is 1. The molecule has 0 heterocycles. The van der Waals surface area contributed by atoms with Gasteiger partial charge in [0.2, 0.25) is 0 Å². The van der Waals surface area contributed by atoms with Gasteiger partial charge in [0, 0.05) is 34.7 Å². The minimum absolute atomic E-state index is 0.0913. The van der Waals surface area contributed by atoms with Gasteiger partial charge >= 0.3 is 0 Å². The van der Waals surface area contributed by atoms with Gasteiger partial charge in [0.25, 0.3) is 0 Å². The van der Waals surface area contributed by atoms with E-state index >= 15 is 0 Å². The zero-order valence-electron chi connectivity index (χ0n) is 13.1. The molecule has 1 aliphatic carbocycles. The van der Waals surface area contributed by atoms with Crippen LogP contribution in [-0.2, 0) is 0 Å². The van der Waals surface area contributed by atoms with Crippen molar-refractivity contribution in [1.29, 1.82) is 0 Å². The Morgan fingerprint density at radius 2 is 1.90 bits per heavy atom. The highest BCUT2D eigenvalue weighted by molar-refractivity contribution is 6.33. The summed E-state index contributed by atoms with van der Waals surface area (Å²) in [7, 11) is 6.45. The van der Waals surface area contributed by atoms with Gasteiger partial charge in [0.05, 0.1) is 0 Å². The van der Waals surface area contributed by atoms with Crippen molar-refractivity contribution in [3.8, 4) is 0 Å². The minimum atomic E-state index is 0.0913. The molecule has 0 aromatic heterocycles. The number of nitrogens with zero attached hydrogens (tertiary/aromatic N) is 2. The number of hydrogen-bond donors (Lipinski definition) is 1. The van der Waals surface area contributed by atoms with Crippen molar-refractivity contribution in [2.45, 2.75) is 30.8 Å². The Kier molecular flexibility index (Phi) is 5.55. The largest absolute Gasteiger partial charge is 0.329 e. The van der Waals surface area contributed by atoms with Crippen molar-refractivity contribution in [2.24, 2.45) is 5.73 Å². The average Bonchev–Trinajstić information content (AvgIpc) is 2.38. The molecule has 0 saturated heterocycles. The van der Waals surface area contributed by atoms with Crippen molar-refractivity contribution in [2.75, 3.05) is 34.2 Å². The molecule has 1 atom stereocenters. The molecule has 2 rings (SSSR count). The number of rotatable bonds is 6. The Balaban J connectivity index is 2.19. The van der Waals surface area contributed by atoms with Crippen LogP contribution in [0.25, 0.3) is 0 Å². The van der Waals surface area contributed by atoms with E-state index in [1.165, 1.54) is 19.3 Å². The van der Waals surface area contributed by atoms with E-state index in [9.17, 15) is 0 Å². The van der Waals surface area contributed by atoms with Gasteiger partial charge in [-0.25, -0.2) is 0 Å². The summed E-state index contributed by atoms with van der Waals surface area (Å²) >= 11 is 12.5. The van der Waals surface area contributed by atoms with Crippen molar-refractivity contribution >= 4 is 23.2 Å². The van der Waals surface area contributed by atoms with Crippen LogP contribution < -0.4 is 5.73 Å². The van der Waals surface area contributed by atoms with Crippen LogP contribution in [0.15, 0.2) is 18.2 Å². The summed E-state index contributed by atoms with van der Waals surface area (Å²) < 4.78 is 0. The monoisotopic (exact) mass is 329 g/mol. The van der Waals surface area contributed by atoms with Crippen LogP contribution in [0, 0.1) is 0 Å². The van der Waals surface area contributed by atoms with Gasteiger partial charge in [-0.3, -0.25) is 4.90 Å². The molecule has 5 heteroatoms. The maximum atomic E-state index is 6.34. The van der Waals surface area contributed by atoms with E-state index in [2.05, 4.69) is 30.9 Å². The van der Waals surface area contributed by atoms with Gasteiger partial charge in [-0.15, -0.1) is 0 Å². The van der Waals surface area contributed by atoms with Gasteiger partial charge in [0.15, 0.2) is 0 Å². The molecule has 1 aromatic carbocycles. The summed E-state index contributed by atoms with van der Waals surface area (Å²) in [4.78, 5) is 4.66. The lowest BCUT2D eigenvalue weighted by Crippen LogP contribution is -2.57. The van der Waals surface area contributed by atoms with Crippen LogP contribution in [0.3, 0.4) is 0 Å². The molecule has 0 radical (unpaired) electrons. The summed E-state index contributed by atoms with van der Waals surface area (Å²) in [5.41, 5.74) is 7.31. The van der Waals surface area contributed by atoms with E-state index in [4.69, 9.17) is 28.9 Å². The highest BCUT2D eigenvalue weighted by atomic mass is 35.5. The SMILES string of the molecule is CN(CC1(N(C)C)CCC1)C(CN)c1cc(Cl)ccc1Cl. The molecule has 0 amide bonds. The molecule has 1 aromatic rings. The smallest absolute Gasteiger partial charge is 0.0483 e. The van der Waals surface area contributed by atoms with Gasteiger partial charge in [-0.2, -0.15) is 0 Å². The molecule has 21 heavy (non-hydrogen) atoms. The standard InChI is InChI=1S/C16H25Cl2N3/c1-20(2)16(7-4-8-16)11-21(3)15(10-19)13-9-12(17)5-6-14(13)18/h5-6,9,15H,4,7-8,10-11,19H2,1-3H3. The molecule has 0 aliphatic heterocycles. The van der Waals surface area contributed by atoms with Crippen LogP contribution in [-0.4, -0.2) is 49.6 Å². The van der Waals surface area contributed by atoms with Gasteiger partial charge in [-0.05, 0) is 64.2 Å². The second-order valence-corrected chi connectivity index (χ2v) is 7.15.